The second-order valence-electron chi connectivity index (χ2n) is 5.19. The van der Waals surface area contributed by atoms with Gasteiger partial charge in [0.25, 0.3) is 5.91 Å². The monoisotopic (exact) mass is 339 g/mol. The molecule has 0 radical (unpaired) electrons. The van der Waals surface area contributed by atoms with Gasteiger partial charge in [0.15, 0.2) is 6.61 Å². The molecule has 0 unspecified atom stereocenters. The maximum Gasteiger partial charge on any atom is 0.338 e. The van der Waals surface area contributed by atoms with E-state index in [0.29, 0.717) is 16.3 Å². The Bertz CT molecular complexity index is 891. The van der Waals surface area contributed by atoms with E-state index < -0.39 is 11.9 Å². The third-order valence-corrected chi connectivity index (χ3v) is 3.70. The zero-order valence-corrected chi connectivity index (χ0v) is 13.4. The fraction of sp³-hybridized carbons (Fsp3) is 0.0526. The first-order chi connectivity index (χ1) is 11.6. The summed E-state index contributed by atoms with van der Waals surface area (Å²) in [7, 11) is 0. The molecule has 0 aliphatic heterocycles. The second-order valence-corrected chi connectivity index (χ2v) is 5.63. The number of esters is 1. The summed E-state index contributed by atoms with van der Waals surface area (Å²) in [6, 6.07) is 19.7. The van der Waals surface area contributed by atoms with Crippen LogP contribution in [0, 0.1) is 0 Å². The molecule has 3 aromatic carbocycles. The third kappa shape index (κ3) is 3.91. The number of nitrogens with one attached hydrogen (secondary N) is 1. The van der Waals surface area contributed by atoms with Crippen LogP contribution in [0.3, 0.4) is 0 Å². The van der Waals surface area contributed by atoms with Gasteiger partial charge in [0, 0.05) is 10.7 Å². The summed E-state index contributed by atoms with van der Waals surface area (Å²) in [5, 5.41) is 5.35. The van der Waals surface area contributed by atoms with Crippen molar-refractivity contribution in [3.05, 3.63) is 77.3 Å². The number of carbonyl (C=O) groups is 2. The predicted molar refractivity (Wildman–Crippen MR) is 94.3 cm³/mol. The van der Waals surface area contributed by atoms with Gasteiger partial charge in [-0.3, -0.25) is 4.79 Å². The SMILES string of the molecule is O=C(COC(=O)c1ccc(Cl)cc1)Nc1ccc2ccccc2c1. The molecule has 0 atom stereocenters. The Morgan fingerprint density at radius 1 is 0.917 bits per heavy atom. The van der Waals surface area contributed by atoms with Crippen LogP contribution in [-0.2, 0) is 9.53 Å². The van der Waals surface area contributed by atoms with Crippen molar-refractivity contribution in [1.82, 2.24) is 0 Å². The van der Waals surface area contributed by atoms with Gasteiger partial charge in [-0.05, 0) is 47.2 Å². The van der Waals surface area contributed by atoms with Crippen LogP contribution in [0.15, 0.2) is 66.7 Å². The van der Waals surface area contributed by atoms with E-state index in [1.54, 1.807) is 30.3 Å². The molecule has 0 fully saturated rings. The van der Waals surface area contributed by atoms with Crippen molar-refractivity contribution in [2.45, 2.75) is 0 Å². The quantitative estimate of drug-likeness (QED) is 0.721. The van der Waals surface area contributed by atoms with Gasteiger partial charge in [-0.25, -0.2) is 4.79 Å². The van der Waals surface area contributed by atoms with Crippen molar-refractivity contribution >= 4 is 39.9 Å². The second kappa shape index (κ2) is 7.15. The summed E-state index contributed by atoms with van der Waals surface area (Å²) in [6.07, 6.45) is 0. The van der Waals surface area contributed by atoms with Gasteiger partial charge >= 0.3 is 5.97 Å². The number of halogens is 1. The number of amides is 1. The Hall–Kier alpha value is -2.85. The van der Waals surface area contributed by atoms with Crippen molar-refractivity contribution in [3.8, 4) is 0 Å². The molecule has 1 amide bonds. The highest BCUT2D eigenvalue weighted by Crippen LogP contribution is 2.18. The van der Waals surface area contributed by atoms with Gasteiger partial charge in [0.1, 0.15) is 0 Å². The standard InChI is InChI=1S/C19H14ClNO3/c20-16-8-5-14(6-9-16)19(23)24-12-18(22)21-17-10-7-13-3-1-2-4-15(13)11-17/h1-11H,12H2,(H,21,22). The predicted octanol–water partition coefficient (Wildman–Crippen LogP) is 4.29. The van der Waals surface area contributed by atoms with Crippen molar-refractivity contribution in [1.29, 1.82) is 0 Å². The lowest BCUT2D eigenvalue weighted by Gasteiger charge is -2.08. The van der Waals surface area contributed by atoms with Crippen LogP contribution in [0.5, 0.6) is 0 Å². The molecule has 1 N–H and O–H groups in total. The van der Waals surface area contributed by atoms with Crippen molar-refractivity contribution in [2.24, 2.45) is 0 Å². The van der Waals surface area contributed by atoms with E-state index >= 15 is 0 Å². The lowest BCUT2D eigenvalue weighted by molar-refractivity contribution is -0.119. The number of benzene rings is 3. The number of fused-ring (bicyclic) bond motifs is 1. The normalized spacial score (nSPS) is 10.4. The fourth-order valence-corrected chi connectivity index (χ4v) is 2.39. The third-order valence-electron chi connectivity index (χ3n) is 3.45. The number of rotatable bonds is 4. The number of ether oxygens (including phenoxy) is 1. The summed E-state index contributed by atoms with van der Waals surface area (Å²) >= 11 is 5.76. The van der Waals surface area contributed by atoms with Gasteiger partial charge in [-0.1, -0.05) is 41.9 Å². The minimum atomic E-state index is -0.569. The average Bonchev–Trinajstić information content (AvgIpc) is 2.60. The molecule has 0 bridgehead atoms. The molecule has 0 saturated heterocycles. The molecule has 0 spiro atoms. The molecule has 3 aromatic rings. The Morgan fingerprint density at radius 3 is 2.38 bits per heavy atom. The number of carbonyl (C=O) groups excluding carboxylic acids is 2. The van der Waals surface area contributed by atoms with Crippen molar-refractivity contribution in [3.63, 3.8) is 0 Å². The number of hydrogen-bond donors (Lipinski definition) is 1. The Balaban J connectivity index is 1.58. The van der Waals surface area contributed by atoms with Gasteiger partial charge in [-0.15, -0.1) is 0 Å². The Labute approximate surface area is 144 Å². The molecule has 0 saturated carbocycles. The van der Waals surface area contributed by atoms with E-state index in [1.807, 2.05) is 36.4 Å². The van der Waals surface area contributed by atoms with E-state index in [4.69, 9.17) is 16.3 Å². The van der Waals surface area contributed by atoms with E-state index in [0.717, 1.165) is 10.8 Å². The zero-order chi connectivity index (χ0) is 16.9. The summed E-state index contributed by atoms with van der Waals surface area (Å²) in [4.78, 5) is 23.8. The molecule has 0 aliphatic rings. The maximum atomic E-state index is 11.9. The molecule has 120 valence electrons. The first kappa shape index (κ1) is 16.0. The molecule has 4 nitrogen and oxygen atoms in total. The lowest BCUT2D eigenvalue weighted by atomic mass is 10.1. The lowest BCUT2D eigenvalue weighted by Crippen LogP contribution is -2.20. The Kier molecular flexibility index (Phi) is 4.77. The Morgan fingerprint density at radius 2 is 1.62 bits per heavy atom. The van der Waals surface area contributed by atoms with Crippen molar-refractivity contribution < 1.29 is 14.3 Å². The molecular weight excluding hydrogens is 326 g/mol. The first-order valence-electron chi connectivity index (χ1n) is 7.33. The molecule has 0 aliphatic carbocycles. The highest BCUT2D eigenvalue weighted by atomic mass is 35.5. The van der Waals surface area contributed by atoms with Crippen molar-refractivity contribution in [2.75, 3.05) is 11.9 Å². The van der Waals surface area contributed by atoms with Gasteiger partial charge in [0.2, 0.25) is 0 Å². The van der Waals surface area contributed by atoms with E-state index in [-0.39, 0.29) is 6.61 Å². The largest absolute Gasteiger partial charge is 0.452 e. The highest BCUT2D eigenvalue weighted by Gasteiger charge is 2.10. The van der Waals surface area contributed by atoms with Gasteiger partial charge < -0.3 is 10.1 Å². The van der Waals surface area contributed by atoms with Crippen LogP contribution >= 0.6 is 11.6 Å². The average molecular weight is 340 g/mol. The van der Waals surface area contributed by atoms with Gasteiger partial charge in [0.05, 0.1) is 5.56 Å². The molecule has 3 rings (SSSR count). The van der Waals surface area contributed by atoms with E-state index in [2.05, 4.69) is 5.32 Å². The highest BCUT2D eigenvalue weighted by molar-refractivity contribution is 6.30. The van der Waals surface area contributed by atoms with E-state index in [9.17, 15) is 9.59 Å². The maximum absolute atomic E-state index is 11.9. The van der Waals surface area contributed by atoms with Crippen LogP contribution in [-0.4, -0.2) is 18.5 Å². The van der Waals surface area contributed by atoms with Crippen LogP contribution in [0.4, 0.5) is 5.69 Å². The molecule has 0 heterocycles. The van der Waals surface area contributed by atoms with Crippen LogP contribution in [0.2, 0.25) is 5.02 Å². The molecule has 0 aromatic heterocycles. The topological polar surface area (TPSA) is 55.4 Å². The summed E-state index contributed by atoms with van der Waals surface area (Å²) in [6.45, 7) is -0.353. The minimum absolute atomic E-state index is 0.345. The summed E-state index contributed by atoms with van der Waals surface area (Å²) in [5.41, 5.74) is 0.999. The van der Waals surface area contributed by atoms with Gasteiger partial charge in [-0.2, -0.15) is 0 Å². The van der Waals surface area contributed by atoms with Crippen LogP contribution < -0.4 is 5.32 Å². The molecular formula is C19H14ClNO3. The molecule has 24 heavy (non-hydrogen) atoms. The fourth-order valence-electron chi connectivity index (χ4n) is 2.26. The molecule has 5 heteroatoms. The smallest absolute Gasteiger partial charge is 0.338 e. The first-order valence-corrected chi connectivity index (χ1v) is 7.71. The van der Waals surface area contributed by atoms with Crippen LogP contribution in [0.25, 0.3) is 10.8 Å². The summed E-state index contributed by atoms with van der Waals surface area (Å²) in [5.74, 6) is -0.965. The summed E-state index contributed by atoms with van der Waals surface area (Å²) < 4.78 is 5.00. The van der Waals surface area contributed by atoms with Crippen LogP contribution in [0.1, 0.15) is 10.4 Å². The number of hydrogen-bond acceptors (Lipinski definition) is 3. The minimum Gasteiger partial charge on any atom is -0.452 e. The zero-order valence-electron chi connectivity index (χ0n) is 12.7. The number of anilines is 1. The van der Waals surface area contributed by atoms with E-state index in [1.165, 1.54) is 0 Å².